The van der Waals surface area contributed by atoms with Crippen LogP contribution in [0.4, 0.5) is 5.69 Å². The molecule has 0 aliphatic heterocycles. The maximum atomic E-state index is 5.40. The van der Waals surface area contributed by atoms with Gasteiger partial charge in [0.2, 0.25) is 0 Å². The summed E-state index contributed by atoms with van der Waals surface area (Å²) in [6.07, 6.45) is 0. The molecule has 1 aromatic heterocycles. The molecule has 0 aliphatic rings. The predicted octanol–water partition coefficient (Wildman–Crippen LogP) is 3.29. The summed E-state index contributed by atoms with van der Waals surface area (Å²) in [5, 5.41) is 6.65. The highest BCUT2D eigenvalue weighted by molar-refractivity contribution is 7.09. The average Bonchev–Trinajstić information content (AvgIpc) is 2.92. The Labute approximate surface area is 130 Å². The van der Waals surface area contributed by atoms with Gasteiger partial charge in [-0.25, -0.2) is 4.98 Å². The van der Waals surface area contributed by atoms with Crippen LogP contribution in [0.5, 0.6) is 5.75 Å². The predicted molar refractivity (Wildman–Crippen MR) is 89.2 cm³/mol. The van der Waals surface area contributed by atoms with Crippen LogP contribution in [0.15, 0.2) is 29.6 Å². The Kier molecular flexibility index (Phi) is 5.59. The maximum Gasteiger partial charge on any atom is 0.142 e. The number of benzene rings is 1. The fourth-order valence-corrected chi connectivity index (χ4v) is 2.80. The topological polar surface area (TPSA) is 37.4 Å². The van der Waals surface area contributed by atoms with Crippen molar-refractivity contribution in [2.45, 2.75) is 33.0 Å². The van der Waals surface area contributed by atoms with E-state index in [0.717, 1.165) is 35.2 Å². The molecule has 1 aromatic carbocycles. The lowest BCUT2D eigenvalue weighted by Gasteiger charge is -2.20. The lowest BCUT2D eigenvalue weighted by Crippen LogP contribution is -2.22. The number of anilines is 1. The summed E-state index contributed by atoms with van der Waals surface area (Å²) in [6, 6.07) is 8.52. The van der Waals surface area contributed by atoms with Crippen molar-refractivity contribution in [3.63, 3.8) is 0 Å². The molecule has 21 heavy (non-hydrogen) atoms. The molecule has 0 atom stereocenters. The molecule has 0 spiro atoms. The van der Waals surface area contributed by atoms with Crippen LogP contribution in [-0.2, 0) is 13.1 Å². The van der Waals surface area contributed by atoms with E-state index in [-0.39, 0.29) is 0 Å². The number of ether oxygens (including phenoxy) is 1. The molecular formula is C16H23N3OS. The largest absolute Gasteiger partial charge is 0.495 e. The van der Waals surface area contributed by atoms with Gasteiger partial charge in [-0.3, -0.25) is 0 Å². The van der Waals surface area contributed by atoms with E-state index in [1.165, 1.54) is 0 Å². The van der Waals surface area contributed by atoms with Crippen molar-refractivity contribution in [1.82, 2.24) is 10.3 Å². The number of aromatic nitrogens is 1. The van der Waals surface area contributed by atoms with Crippen LogP contribution >= 0.6 is 11.3 Å². The molecular weight excluding hydrogens is 282 g/mol. The number of nitrogens with zero attached hydrogens (tertiary/aromatic N) is 2. The van der Waals surface area contributed by atoms with E-state index in [0.29, 0.717) is 6.04 Å². The Morgan fingerprint density at radius 2 is 2.10 bits per heavy atom. The third-order valence-corrected chi connectivity index (χ3v) is 4.05. The number of nitrogens with one attached hydrogen (secondary N) is 1. The highest BCUT2D eigenvalue weighted by Gasteiger charge is 2.10. The van der Waals surface area contributed by atoms with Crippen LogP contribution in [0, 0.1) is 0 Å². The molecule has 0 radical (unpaired) electrons. The van der Waals surface area contributed by atoms with Crippen molar-refractivity contribution in [3.8, 4) is 5.75 Å². The van der Waals surface area contributed by atoms with E-state index in [2.05, 4.69) is 47.5 Å². The summed E-state index contributed by atoms with van der Waals surface area (Å²) in [7, 11) is 3.76. The van der Waals surface area contributed by atoms with Gasteiger partial charge in [-0.15, -0.1) is 11.3 Å². The summed E-state index contributed by atoms with van der Waals surface area (Å²) in [6.45, 7) is 5.90. The van der Waals surface area contributed by atoms with E-state index in [4.69, 9.17) is 4.74 Å². The Hall–Kier alpha value is -1.59. The smallest absolute Gasteiger partial charge is 0.142 e. The van der Waals surface area contributed by atoms with E-state index in [9.17, 15) is 0 Å². The lowest BCUT2D eigenvalue weighted by atomic mass is 10.2. The van der Waals surface area contributed by atoms with Crippen LogP contribution < -0.4 is 15.0 Å². The van der Waals surface area contributed by atoms with E-state index in [1.54, 1.807) is 18.4 Å². The fourth-order valence-electron chi connectivity index (χ4n) is 2.07. The standard InChI is InChI=1S/C16H23N3OS/c1-12(2)17-9-16-18-13(11-21-16)10-19(3)14-7-5-6-8-15(14)20-4/h5-8,11-12,17H,9-10H2,1-4H3. The zero-order valence-electron chi connectivity index (χ0n) is 13.1. The molecule has 0 saturated heterocycles. The van der Waals surface area contributed by atoms with E-state index in [1.807, 2.05) is 18.2 Å². The molecule has 4 nitrogen and oxygen atoms in total. The summed E-state index contributed by atoms with van der Waals surface area (Å²) in [5.74, 6) is 0.886. The normalized spacial score (nSPS) is 10.9. The van der Waals surface area contributed by atoms with Gasteiger partial charge in [0.15, 0.2) is 0 Å². The molecule has 1 N–H and O–H groups in total. The van der Waals surface area contributed by atoms with Crippen molar-refractivity contribution in [3.05, 3.63) is 40.3 Å². The molecule has 0 saturated carbocycles. The minimum atomic E-state index is 0.480. The number of methoxy groups -OCH3 is 1. The van der Waals surface area contributed by atoms with Crippen molar-refractivity contribution in [1.29, 1.82) is 0 Å². The zero-order valence-corrected chi connectivity index (χ0v) is 13.9. The molecule has 5 heteroatoms. The van der Waals surface area contributed by atoms with Gasteiger partial charge in [-0.05, 0) is 12.1 Å². The molecule has 0 amide bonds. The number of rotatable bonds is 7. The van der Waals surface area contributed by atoms with Crippen molar-refractivity contribution in [2.24, 2.45) is 0 Å². The van der Waals surface area contributed by atoms with Gasteiger partial charge < -0.3 is 15.0 Å². The second-order valence-corrected chi connectivity index (χ2v) is 6.24. The van der Waals surface area contributed by atoms with Crippen LogP contribution in [0.3, 0.4) is 0 Å². The van der Waals surface area contributed by atoms with Crippen molar-refractivity contribution < 1.29 is 4.74 Å². The quantitative estimate of drug-likeness (QED) is 0.852. The number of para-hydroxylation sites is 2. The summed E-state index contributed by atoms with van der Waals surface area (Å²) < 4.78 is 5.40. The number of thiazole rings is 1. The first-order chi connectivity index (χ1) is 10.1. The fraction of sp³-hybridized carbons (Fsp3) is 0.438. The highest BCUT2D eigenvalue weighted by Crippen LogP contribution is 2.27. The molecule has 0 aliphatic carbocycles. The van der Waals surface area contributed by atoms with Gasteiger partial charge in [0.1, 0.15) is 10.8 Å². The third-order valence-electron chi connectivity index (χ3n) is 3.16. The Bertz CT molecular complexity index is 568. The van der Waals surface area contributed by atoms with Crippen LogP contribution in [0.2, 0.25) is 0 Å². The van der Waals surface area contributed by atoms with Crippen LogP contribution in [0.25, 0.3) is 0 Å². The van der Waals surface area contributed by atoms with Gasteiger partial charge in [-0.2, -0.15) is 0 Å². The van der Waals surface area contributed by atoms with Gasteiger partial charge in [0.25, 0.3) is 0 Å². The molecule has 0 bridgehead atoms. The highest BCUT2D eigenvalue weighted by atomic mass is 32.1. The summed E-state index contributed by atoms with van der Waals surface area (Å²) >= 11 is 1.71. The third kappa shape index (κ3) is 4.44. The summed E-state index contributed by atoms with van der Waals surface area (Å²) in [4.78, 5) is 6.84. The van der Waals surface area contributed by atoms with Crippen molar-refractivity contribution in [2.75, 3.05) is 19.1 Å². The zero-order chi connectivity index (χ0) is 15.2. The second-order valence-electron chi connectivity index (χ2n) is 5.30. The number of hydrogen-bond donors (Lipinski definition) is 1. The average molecular weight is 305 g/mol. The first-order valence-corrected chi connectivity index (χ1v) is 7.99. The van der Waals surface area contributed by atoms with Gasteiger partial charge in [0.05, 0.1) is 25.0 Å². The molecule has 114 valence electrons. The van der Waals surface area contributed by atoms with Crippen molar-refractivity contribution >= 4 is 17.0 Å². The summed E-state index contributed by atoms with van der Waals surface area (Å²) in [5.41, 5.74) is 2.17. The second kappa shape index (κ2) is 7.43. The first-order valence-electron chi connectivity index (χ1n) is 7.11. The van der Waals surface area contributed by atoms with Crippen LogP contribution in [-0.4, -0.2) is 25.2 Å². The molecule has 1 heterocycles. The molecule has 0 unspecified atom stereocenters. The molecule has 2 aromatic rings. The van der Waals surface area contributed by atoms with E-state index >= 15 is 0 Å². The van der Waals surface area contributed by atoms with Crippen LogP contribution in [0.1, 0.15) is 24.5 Å². The number of hydrogen-bond acceptors (Lipinski definition) is 5. The first kappa shape index (κ1) is 15.8. The Morgan fingerprint density at radius 1 is 1.33 bits per heavy atom. The molecule has 0 fully saturated rings. The minimum Gasteiger partial charge on any atom is -0.495 e. The minimum absolute atomic E-state index is 0.480. The lowest BCUT2D eigenvalue weighted by molar-refractivity contribution is 0.414. The van der Waals surface area contributed by atoms with Gasteiger partial charge in [0, 0.05) is 25.0 Å². The SMILES string of the molecule is COc1ccccc1N(C)Cc1csc(CNC(C)C)n1. The Balaban J connectivity index is 2.01. The monoisotopic (exact) mass is 305 g/mol. The molecule has 2 rings (SSSR count). The van der Waals surface area contributed by atoms with Gasteiger partial charge >= 0.3 is 0 Å². The van der Waals surface area contributed by atoms with Gasteiger partial charge in [-0.1, -0.05) is 26.0 Å². The Morgan fingerprint density at radius 3 is 2.81 bits per heavy atom. The maximum absolute atomic E-state index is 5.40. The van der Waals surface area contributed by atoms with E-state index < -0.39 is 0 Å².